The van der Waals surface area contributed by atoms with Crippen LogP contribution in [0, 0.1) is 6.92 Å². The summed E-state index contributed by atoms with van der Waals surface area (Å²) in [4.78, 5) is 18.9. The number of aliphatic hydroxyl groups is 1. The maximum absolute atomic E-state index is 12.0. The third-order valence-electron chi connectivity index (χ3n) is 4.15. The predicted molar refractivity (Wildman–Crippen MR) is 109 cm³/mol. The summed E-state index contributed by atoms with van der Waals surface area (Å²) in [5, 5.41) is 13.2. The van der Waals surface area contributed by atoms with Crippen LogP contribution in [0.2, 0.25) is 0 Å². The molecule has 0 atom stereocenters. The van der Waals surface area contributed by atoms with Crippen molar-refractivity contribution >= 4 is 12.2 Å². The maximum atomic E-state index is 12.0. The van der Waals surface area contributed by atoms with Gasteiger partial charge in [-0.2, -0.15) is 5.10 Å². The summed E-state index contributed by atoms with van der Waals surface area (Å²) in [7, 11) is 0. The van der Waals surface area contributed by atoms with Crippen molar-refractivity contribution in [1.29, 1.82) is 0 Å². The van der Waals surface area contributed by atoms with E-state index in [-0.39, 0.29) is 24.5 Å². The van der Waals surface area contributed by atoms with Crippen LogP contribution in [0.15, 0.2) is 64.5 Å². The number of hydrogen-bond acceptors (Lipinski definition) is 6. The molecular formula is C21H22N4O3. The topological polar surface area (TPSA) is 99.6 Å². The van der Waals surface area contributed by atoms with E-state index in [1.165, 1.54) is 0 Å². The minimum atomic E-state index is -0.282. The van der Waals surface area contributed by atoms with Crippen molar-refractivity contribution in [3.05, 3.63) is 87.3 Å². The molecule has 0 unspecified atom stereocenters. The molecule has 144 valence electrons. The number of aromatic nitrogens is 2. The van der Waals surface area contributed by atoms with Crippen molar-refractivity contribution in [2.75, 3.05) is 12.0 Å². The van der Waals surface area contributed by atoms with E-state index in [1.54, 1.807) is 13.1 Å². The van der Waals surface area contributed by atoms with Crippen LogP contribution in [0.5, 0.6) is 5.75 Å². The second kappa shape index (κ2) is 9.48. The van der Waals surface area contributed by atoms with Crippen molar-refractivity contribution < 1.29 is 9.84 Å². The van der Waals surface area contributed by atoms with Crippen LogP contribution in [0.3, 0.4) is 0 Å². The Bertz CT molecular complexity index is 1000. The van der Waals surface area contributed by atoms with Gasteiger partial charge in [0.05, 0.1) is 11.9 Å². The molecule has 0 saturated carbocycles. The Hall–Kier alpha value is -3.45. The Morgan fingerprint density at radius 3 is 2.68 bits per heavy atom. The lowest BCUT2D eigenvalue weighted by atomic mass is 10.1. The highest BCUT2D eigenvalue weighted by molar-refractivity contribution is 5.82. The van der Waals surface area contributed by atoms with Crippen LogP contribution in [0.1, 0.15) is 22.4 Å². The lowest BCUT2D eigenvalue weighted by Crippen LogP contribution is -2.19. The minimum Gasteiger partial charge on any atom is -0.489 e. The first-order chi connectivity index (χ1) is 13.7. The van der Waals surface area contributed by atoms with Gasteiger partial charge in [0.1, 0.15) is 12.4 Å². The molecule has 1 aromatic heterocycles. The molecule has 0 aliphatic rings. The number of H-pyrrole nitrogens is 1. The van der Waals surface area contributed by atoms with Crippen LogP contribution < -0.4 is 15.7 Å². The van der Waals surface area contributed by atoms with Crippen molar-refractivity contribution in [2.24, 2.45) is 5.10 Å². The van der Waals surface area contributed by atoms with Gasteiger partial charge in [0.2, 0.25) is 5.95 Å². The molecule has 1 heterocycles. The number of ether oxygens (including phenoxy) is 1. The number of benzene rings is 2. The molecule has 0 radical (unpaired) electrons. The average molecular weight is 378 g/mol. The quantitative estimate of drug-likeness (QED) is 0.413. The summed E-state index contributed by atoms with van der Waals surface area (Å²) in [6, 6.07) is 17.4. The molecule has 0 aliphatic heterocycles. The summed E-state index contributed by atoms with van der Waals surface area (Å²) in [6.45, 7) is 2.04. The molecule has 0 bridgehead atoms. The van der Waals surface area contributed by atoms with E-state index in [2.05, 4.69) is 20.5 Å². The summed E-state index contributed by atoms with van der Waals surface area (Å²) in [6.07, 6.45) is 1.92. The first kappa shape index (κ1) is 19.3. The number of hydrazone groups is 1. The molecule has 0 aliphatic carbocycles. The number of nitrogens with zero attached hydrogens (tertiary/aromatic N) is 2. The zero-order valence-corrected chi connectivity index (χ0v) is 15.6. The average Bonchev–Trinajstić information content (AvgIpc) is 2.71. The second-order valence-electron chi connectivity index (χ2n) is 6.12. The van der Waals surface area contributed by atoms with Crippen LogP contribution in [0.4, 0.5) is 5.95 Å². The van der Waals surface area contributed by atoms with Crippen LogP contribution in [0.25, 0.3) is 0 Å². The highest BCUT2D eigenvalue weighted by atomic mass is 16.5. The lowest BCUT2D eigenvalue weighted by molar-refractivity contribution is 0.298. The molecule has 0 saturated heterocycles. The largest absolute Gasteiger partial charge is 0.489 e. The van der Waals surface area contributed by atoms with E-state index < -0.39 is 0 Å². The second-order valence-corrected chi connectivity index (χ2v) is 6.12. The van der Waals surface area contributed by atoms with Gasteiger partial charge in [0.25, 0.3) is 5.56 Å². The number of rotatable bonds is 8. The van der Waals surface area contributed by atoms with E-state index >= 15 is 0 Å². The van der Waals surface area contributed by atoms with E-state index in [9.17, 15) is 4.79 Å². The monoisotopic (exact) mass is 378 g/mol. The van der Waals surface area contributed by atoms with Crippen molar-refractivity contribution in [1.82, 2.24) is 9.97 Å². The molecule has 0 amide bonds. The number of hydrogen-bond donors (Lipinski definition) is 3. The van der Waals surface area contributed by atoms with Gasteiger partial charge in [-0.15, -0.1) is 0 Å². The molecule has 2 aromatic carbocycles. The van der Waals surface area contributed by atoms with Crippen molar-refractivity contribution in [2.45, 2.75) is 20.0 Å². The van der Waals surface area contributed by atoms with Gasteiger partial charge < -0.3 is 9.84 Å². The van der Waals surface area contributed by atoms with Crippen molar-refractivity contribution in [3.63, 3.8) is 0 Å². The third-order valence-corrected chi connectivity index (χ3v) is 4.15. The van der Waals surface area contributed by atoms with E-state index in [4.69, 9.17) is 9.84 Å². The molecule has 7 nitrogen and oxygen atoms in total. The van der Waals surface area contributed by atoms with Gasteiger partial charge >= 0.3 is 0 Å². The summed E-state index contributed by atoms with van der Waals surface area (Å²) in [5.41, 5.74) is 5.37. The van der Waals surface area contributed by atoms with E-state index in [1.807, 2.05) is 54.6 Å². The maximum Gasteiger partial charge on any atom is 0.255 e. The summed E-state index contributed by atoms with van der Waals surface area (Å²) >= 11 is 0. The fourth-order valence-corrected chi connectivity index (χ4v) is 2.70. The highest BCUT2D eigenvalue weighted by Gasteiger charge is 2.07. The van der Waals surface area contributed by atoms with Gasteiger partial charge in [0, 0.05) is 24.2 Å². The Balaban J connectivity index is 1.69. The number of nitrogens with one attached hydrogen (secondary N) is 2. The van der Waals surface area contributed by atoms with Crippen LogP contribution in [-0.2, 0) is 13.0 Å². The Morgan fingerprint density at radius 2 is 1.93 bits per heavy atom. The number of aromatic amines is 1. The number of aliphatic hydroxyl groups excluding tert-OH is 1. The molecule has 28 heavy (non-hydrogen) atoms. The lowest BCUT2D eigenvalue weighted by Gasteiger charge is -2.09. The minimum absolute atomic E-state index is 0.0988. The fraction of sp³-hybridized carbons (Fsp3) is 0.190. The van der Waals surface area contributed by atoms with Crippen LogP contribution >= 0.6 is 0 Å². The molecule has 3 rings (SSSR count). The Kier molecular flexibility index (Phi) is 6.54. The summed E-state index contributed by atoms with van der Waals surface area (Å²) < 4.78 is 5.80. The Morgan fingerprint density at radius 1 is 1.18 bits per heavy atom. The van der Waals surface area contributed by atoms with Gasteiger partial charge in [-0.05, 0) is 24.6 Å². The first-order valence-corrected chi connectivity index (χ1v) is 8.93. The molecule has 3 aromatic rings. The zero-order valence-electron chi connectivity index (χ0n) is 15.6. The van der Waals surface area contributed by atoms with E-state index in [0.29, 0.717) is 17.9 Å². The zero-order chi connectivity index (χ0) is 19.8. The standard InChI is InChI=1S/C21H22N4O3/c1-15-19(11-12-26)20(27)24-21(23-15)25-22-13-16-7-5-6-8-17(16)14-28-18-9-3-2-4-10-18/h2-10,13,26H,11-12,14H2,1H3,(H2,23,24,25,27)/b22-13-. The van der Waals surface area contributed by atoms with Gasteiger partial charge in [-0.1, -0.05) is 42.5 Å². The van der Waals surface area contributed by atoms with Crippen LogP contribution in [-0.4, -0.2) is 27.9 Å². The number of para-hydroxylation sites is 1. The third kappa shape index (κ3) is 5.05. The predicted octanol–water partition coefficient (Wildman–Crippen LogP) is 2.64. The number of anilines is 1. The molecule has 3 N–H and O–H groups in total. The molecule has 0 fully saturated rings. The molecular weight excluding hydrogens is 356 g/mol. The van der Waals surface area contributed by atoms with Gasteiger partial charge in [-0.25, -0.2) is 10.4 Å². The fourth-order valence-electron chi connectivity index (χ4n) is 2.70. The molecule has 7 heteroatoms. The Labute approximate surface area is 162 Å². The van der Waals surface area contributed by atoms with E-state index in [0.717, 1.165) is 16.9 Å². The first-order valence-electron chi connectivity index (χ1n) is 8.93. The normalized spacial score (nSPS) is 10.9. The number of aryl methyl sites for hydroxylation is 1. The highest BCUT2D eigenvalue weighted by Crippen LogP contribution is 2.14. The smallest absolute Gasteiger partial charge is 0.255 e. The van der Waals surface area contributed by atoms with Gasteiger partial charge in [0.15, 0.2) is 0 Å². The molecule has 0 spiro atoms. The van der Waals surface area contributed by atoms with Gasteiger partial charge in [-0.3, -0.25) is 9.78 Å². The van der Waals surface area contributed by atoms with Crippen molar-refractivity contribution in [3.8, 4) is 5.75 Å². The SMILES string of the molecule is Cc1nc(N/N=C\c2ccccc2COc2ccccc2)[nH]c(=O)c1CCO. The summed E-state index contributed by atoms with van der Waals surface area (Å²) in [5.74, 6) is 1.05.